The molecule has 9 heteroatoms. The number of benzene rings is 2. The summed E-state index contributed by atoms with van der Waals surface area (Å²) in [7, 11) is 0. The number of hydrogen-bond acceptors (Lipinski definition) is 6. The molecule has 2 aromatic carbocycles. The van der Waals surface area contributed by atoms with Gasteiger partial charge in [-0.15, -0.1) is 0 Å². The lowest BCUT2D eigenvalue weighted by molar-refractivity contribution is -0.138. The van der Waals surface area contributed by atoms with Crippen LogP contribution in [0.5, 0.6) is 11.5 Å². The molecule has 0 spiro atoms. The molecule has 204 valence electrons. The van der Waals surface area contributed by atoms with Gasteiger partial charge in [0.25, 0.3) is 5.91 Å². The van der Waals surface area contributed by atoms with E-state index < -0.39 is 35.6 Å². The second-order valence-electron chi connectivity index (χ2n) is 9.87. The Balaban J connectivity index is 2.45. The summed E-state index contributed by atoms with van der Waals surface area (Å²) >= 11 is 0. The summed E-state index contributed by atoms with van der Waals surface area (Å²) in [5.74, 6) is -1.47. The molecule has 0 fully saturated rings. The minimum atomic E-state index is -1.35. The highest BCUT2D eigenvalue weighted by Gasteiger charge is 2.37. The molecule has 0 radical (unpaired) electrons. The van der Waals surface area contributed by atoms with Crippen molar-refractivity contribution in [2.75, 3.05) is 6.54 Å². The quantitative estimate of drug-likeness (QED) is 0.200. The Kier molecular flexibility index (Phi) is 11.0. The minimum Gasteiger partial charge on any atom is -0.508 e. The fraction of sp³-hybridized carbons (Fsp3) is 0.414. The van der Waals surface area contributed by atoms with Gasteiger partial charge in [0.15, 0.2) is 6.04 Å². The van der Waals surface area contributed by atoms with Crippen molar-refractivity contribution in [2.45, 2.75) is 71.1 Å². The first-order chi connectivity index (χ1) is 18.0. The molecule has 0 bridgehead atoms. The third kappa shape index (κ3) is 9.04. The Hall–Kier alpha value is -4.19. The zero-order valence-electron chi connectivity index (χ0n) is 22.4. The average molecular weight is 524 g/mol. The van der Waals surface area contributed by atoms with Crippen molar-refractivity contribution in [3.05, 3.63) is 59.7 Å². The Bertz CT molecular complexity index is 1130. The minimum absolute atomic E-state index is 0.00213. The number of phenolic OH excluding ortho intramolecular Hbond substituents is 2. The van der Waals surface area contributed by atoms with Crippen molar-refractivity contribution in [1.29, 1.82) is 0 Å². The second-order valence-corrected chi connectivity index (χ2v) is 9.87. The van der Waals surface area contributed by atoms with Gasteiger partial charge < -0.3 is 25.6 Å². The predicted molar refractivity (Wildman–Crippen MR) is 144 cm³/mol. The molecule has 38 heavy (non-hydrogen) atoms. The molecule has 2 atom stereocenters. The zero-order chi connectivity index (χ0) is 28.3. The number of hydrogen-bond donors (Lipinski definition) is 4. The lowest BCUT2D eigenvalue weighted by Crippen LogP contribution is -2.52. The number of unbranched alkanes of at least 4 members (excludes halogenated alkanes) is 2. The van der Waals surface area contributed by atoms with Crippen molar-refractivity contribution in [3.8, 4) is 24.0 Å². The normalized spacial score (nSPS) is 12.5. The van der Waals surface area contributed by atoms with E-state index in [1.165, 1.54) is 24.3 Å². The van der Waals surface area contributed by atoms with E-state index in [4.69, 9.17) is 11.2 Å². The number of phenols is 2. The number of rotatable bonds is 11. The van der Waals surface area contributed by atoms with Crippen molar-refractivity contribution in [1.82, 2.24) is 15.5 Å². The SMILES string of the molecule is C#CN(C(=O)C(Cc1ccc(O)cc1)NC(=O)OC(C)(C)C)C(C(=O)NCCCCC)c1ccccc1O. The van der Waals surface area contributed by atoms with E-state index in [9.17, 15) is 24.6 Å². The number of alkyl carbamates (subject to hydrolysis) is 1. The summed E-state index contributed by atoms with van der Waals surface area (Å²) < 4.78 is 5.34. The molecule has 0 aromatic heterocycles. The van der Waals surface area contributed by atoms with Crippen LogP contribution in [0.4, 0.5) is 4.79 Å². The number of amides is 3. The van der Waals surface area contributed by atoms with Gasteiger partial charge in [0, 0.05) is 24.6 Å². The number of para-hydroxylation sites is 1. The van der Waals surface area contributed by atoms with Crippen LogP contribution < -0.4 is 10.6 Å². The fourth-order valence-electron chi connectivity index (χ4n) is 3.75. The highest BCUT2D eigenvalue weighted by molar-refractivity contribution is 5.93. The number of ether oxygens (including phenoxy) is 1. The van der Waals surface area contributed by atoms with E-state index in [0.29, 0.717) is 12.1 Å². The van der Waals surface area contributed by atoms with E-state index in [0.717, 1.165) is 24.2 Å². The second kappa shape index (κ2) is 13.9. The molecular formula is C29H37N3O6. The van der Waals surface area contributed by atoms with Gasteiger partial charge in [0.05, 0.1) is 0 Å². The standard InChI is InChI=1S/C29H37N3O6/c1-6-8-11-18-30-26(35)25(22-12-9-10-13-24(22)34)32(7-2)27(36)23(31-28(37)38-29(3,4)5)19-20-14-16-21(33)17-15-20/h2,9-10,12-17,23,25,33-34H,6,8,11,18-19H2,1,3-5H3,(H,30,35)(H,31,37). The smallest absolute Gasteiger partial charge is 0.408 e. The first-order valence-corrected chi connectivity index (χ1v) is 12.6. The van der Waals surface area contributed by atoms with Gasteiger partial charge in [0.1, 0.15) is 23.1 Å². The zero-order valence-corrected chi connectivity index (χ0v) is 22.4. The van der Waals surface area contributed by atoms with Gasteiger partial charge in [-0.1, -0.05) is 56.5 Å². The number of carbonyl (C=O) groups excluding carboxylic acids is 3. The van der Waals surface area contributed by atoms with Crippen LogP contribution in [0, 0.1) is 12.5 Å². The molecule has 2 unspecified atom stereocenters. The monoisotopic (exact) mass is 523 g/mol. The summed E-state index contributed by atoms with van der Waals surface area (Å²) in [6.07, 6.45) is 7.55. The molecule has 0 saturated heterocycles. The van der Waals surface area contributed by atoms with Gasteiger partial charge in [0.2, 0.25) is 5.91 Å². The Morgan fingerprint density at radius 3 is 2.29 bits per heavy atom. The summed E-state index contributed by atoms with van der Waals surface area (Å²) in [6, 6.07) is 12.0. The van der Waals surface area contributed by atoms with Gasteiger partial charge in [-0.3, -0.25) is 14.5 Å². The number of nitrogens with zero attached hydrogens (tertiary/aromatic N) is 1. The first-order valence-electron chi connectivity index (χ1n) is 12.6. The van der Waals surface area contributed by atoms with Gasteiger partial charge >= 0.3 is 6.09 Å². The van der Waals surface area contributed by atoms with Crippen LogP contribution in [-0.4, -0.2) is 51.2 Å². The summed E-state index contributed by atoms with van der Waals surface area (Å²) in [5.41, 5.74) is -0.0524. The Morgan fingerprint density at radius 2 is 1.71 bits per heavy atom. The van der Waals surface area contributed by atoms with Crippen LogP contribution in [-0.2, 0) is 20.7 Å². The molecular weight excluding hydrogens is 486 g/mol. The van der Waals surface area contributed by atoms with E-state index in [1.54, 1.807) is 45.0 Å². The number of carbonyl (C=O) groups is 3. The molecule has 3 amide bonds. The van der Waals surface area contributed by atoms with Crippen LogP contribution in [0.1, 0.15) is 64.1 Å². The van der Waals surface area contributed by atoms with Gasteiger partial charge in [-0.2, -0.15) is 0 Å². The molecule has 0 aliphatic carbocycles. The van der Waals surface area contributed by atoms with Gasteiger partial charge in [-0.05, 0) is 51.0 Å². The van der Waals surface area contributed by atoms with Crippen LogP contribution in [0.15, 0.2) is 48.5 Å². The highest BCUT2D eigenvalue weighted by Crippen LogP contribution is 2.29. The van der Waals surface area contributed by atoms with E-state index in [1.807, 2.05) is 6.92 Å². The largest absolute Gasteiger partial charge is 0.508 e. The van der Waals surface area contributed by atoms with Crippen molar-refractivity contribution >= 4 is 17.9 Å². The third-order valence-electron chi connectivity index (χ3n) is 5.56. The third-order valence-corrected chi connectivity index (χ3v) is 5.56. The van der Waals surface area contributed by atoms with Crippen LogP contribution in [0.2, 0.25) is 0 Å². The maximum absolute atomic E-state index is 13.9. The van der Waals surface area contributed by atoms with Crippen LogP contribution >= 0.6 is 0 Å². The van der Waals surface area contributed by atoms with Crippen molar-refractivity contribution in [3.63, 3.8) is 0 Å². The molecule has 0 saturated carbocycles. The van der Waals surface area contributed by atoms with Crippen LogP contribution in [0.3, 0.4) is 0 Å². The molecule has 2 rings (SSSR count). The molecule has 9 nitrogen and oxygen atoms in total. The van der Waals surface area contributed by atoms with E-state index in [-0.39, 0.29) is 23.5 Å². The topological polar surface area (TPSA) is 128 Å². The van der Waals surface area contributed by atoms with Crippen molar-refractivity contribution < 1.29 is 29.3 Å². The molecule has 0 aliphatic heterocycles. The first kappa shape index (κ1) is 30.0. The molecule has 0 aliphatic rings. The lowest BCUT2D eigenvalue weighted by Gasteiger charge is -2.30. The number of nitrogens with one attached hydrogen (secondary N) is 2. The van der Waals surface area contributed by atoms with E-state index >= 15 is 0 Å². The van der Waals surface area contributed by atoms with Crippen LogP contribution in [0.25, 0.3) is 0 Å². The maximum atomic E-state index is 13.9. The maximum Gasteiger partial charge on any atom is 0.408 e. The predicted octanol–water partition coefficient (Wildman–Crippen LogP) is 4.00. The molecule has 0 heterocycles. The van der Waals surface area contributed by atoms with E-state index in [2.05, 4.69) is 16.7 Å². The number of aromatic hydroxyl groups is 2. The fourth-order valence-corrected chi connectivity index (χ4v) is 3.75. The lowest BCUT2D eigenvalue weighted by atomic mass is 10.00. The summed E-state index contributed by atoms with van der Waals surface area (Å²) in [5, 5.41) is 25.5. The summed E-state index contributed by atoms with van der Waals surface area (Å²) in [6.45, 7) is 7.48. The molecule has 2 aromatic rings. The van der Waals surface area contributed by atoms with Gasteiger partial charge in [-0.25, -0.2) is 4.79 Å². The summed E-state index contributed by atoms with van der Waals surface area (Å²) in [4.78, 5) is 40.7. The highest BCUT2D eigenvalue weighted by atomic mass is 16.6. The number of terminal acetylenes is 1. The average Bonchev–Trinajstić information content (AvgIpc) is 2.85. The molecule has 4 N–H and O–H groups in total. The van der Waals surface area contributed by atoms with Crippen molar-refractivity contribution in [2.24, 2.45) is 0 Å². The Labute approximate surface area is 224 Å². The Morgan fingerprint density at radius 1 is 1.05 bits per heavy atom.